The molecule has 0 aromatic heterocycles. The number of unbranched alkanes of at least 4 members (excludes halogenated alkanes) is 19. The van der Waals surface area contributed by atoms with E-state index in [1.54, 1.807) is 0 Å². The molecule has 0 saturated carbocycles. The fourth-order valence-electron chi connectivity index (χ4n) is 5.81. The van der Waals surface area contributed by atoms with E-state index >= 15 is 0 Å². The minimum Gasteiger partial charge on any atom is -0.462 e. The lowest BCUT2D eigenvalue weighted by Gasteiger charge is -2.20. The SMILES string of the molecule is CCC/C=C/C/C=C/C/C=C/C/C=C/CCCCCC(=O)O[C@H](COC(=O)CCCCCCCCCCCCCCCCCC)COP(=O)(O)OC[C@@H](O)CO. The summed E-state index contributed by atoms with van der Waals surface area (Å²) in [5, 5.41) is 18.3. The third kappa shape index (κ3) is 40.1. The molecule has 0 aromatic rings. The minimum atomic E-state index is -4.63. The van der Waals surface area contributed by atoms with Gasteiger partial charge in [-0.3, -0.25) is 18.6 Å². The predicted octanol–water partition coefficient (Wildman–Crippen LogP) is 11.7. The molecule has 0 heterocycles. The van der Waals surface area contributed by atoms with Gasteiger partial charge in [0.1, 0.15) is 12.7 Å². The van der Waals surface area contributed by atoms with Crippen molar-refractivity contribution in [2.75, 3.05) is 26.4 Å². The predicted molar refractivity (Wildman–Crippen MR) is 228 cm³/mol. The molecule has 3 atom stereocenters. The fourth-order valence-corrected chi connectivity index (χ4v) is 6.60. The third-order valence-electron chi connectivity index (χ3n) is 9.22. The maximum Gasteiger partial charge on any atom is 0.472 e. The van der Waals surface area contributed by atoms with Gasteiger partial charge >= 0.3 is 19.8 Å². The normalized spacial score (nSPS) is 14.3. The van der Waals surface area contributed by atoms with Crippen LogP contribution in [0.3, 0.4) is 0 Å². The van der Waals surface area contributed by atoms with E-state index in [-0.39, 0.29) is 19.4 Å². The van der Waals surface area contributed by atoms with Crippen LogP contribution >= 0.6 is 7.82 Å². The Bertz CT molecular complexity index is 1070. The number of aliphatic hydroxyl groups is 2. The van der Waals surface area contributed by atoms with Gasteiger partial charge in [-0.05, 0) is 51.4 Å². The van der Waals surface area contributed by atoms with Crippen LogP contribution in [0.25, 0.3) is 0 Å². The topological polar surface area (TPSA) is 149 Å². The number of esters is 2. The van der Waals surface area contributed by atoms with Crippen LogP contribution < -0.4 is 0 Å². The zero-order valence-electron chi connectivity index (χ0n) is 35.3. The van der Waals surface area contributed by atoms with Crippen molar-refractivity contribution in [1.29, 1.82) is 0 Å². The largest absolute Gasteiger partial charge is 0.472 e. The van der Waals surface area contributed by atoms with Gasteiger partial charge in [0.25, 0.3) is 0 Å². The summed E-state index contributed by atoms with van der Waals surface area (Å²) in [6.45, 7) is 2.28. The molecule has 10 nitrogen and oxygen atoms in total. The van der Waals surface area contributed by atoms with E-state index in [1.807, 2.05) is 0 Å². The van der Waals surface area contributed by atoms with Gasteiger partial charge in [0.15, 0.2) is 6.10 Å². The second kappa shape index (κ2) is 41.1. The fraction of sp³-hybridized carbons (Fsp3) is 0.778. The van der Waals surface area contributed by atoms with Gasteiger partial charge in [-0.25, -0.2) is 4.57 Å². The van der Waals surface area contributed by atoms with E-state index in [2.05, 4.69) is 67.0 Å². The summed E-state index contributed by atoms with van der Waals surface area (Å²) in [6.07, 6.45) is 43.6. The van der Waals surface area contributed by atoms with Gasteiger partial charge in [-0.2, -0.15) is 0 Å². The first-order chi connectivity index (χ1) is 27.2. The number of ether oxygens (including phenoxy) is 2. The van der Waals surface area contributed by atoms with Crippen molar-refractivity contribution in [3.63, 3.8) is 0 Å². The van der Waals surface area contributed by atoms with E-state index in [1.165, 1.54) is 83.5 Å². The summed E-state index contributed by atoms with van der Waals surface area (Å²) >= 11 is 0. The Kier molecular flexibility index (Phi) is 39.6. The second-order valence-corrected chi connectivity index (χ2v) is 16.2. The highest BCUT2D eigenvalue weighted by Crippen LogP contribution is 2.43. The van der Waals surface area contributed by atoms with Gasteiger partial charge in [0, 0.05) is 12.8 Å². The molecule has 11 heteroatoms. The van der Waals surface area contributed by atoms with Gasteiger partial charge in [0.2, 0.25) is 0 Å². The van der Waals surface area contributed by atoms with Crippen LogP contribution in [0.4, 0.5) is 0 Å². The van der Waals surface area contributed by atoms with Crippen molar-refractivity contribution in [3.05, 3.63) is 48.6 Å². The Balaban J connectivity index is 4.34. The van der Waals surface area contributed by atoms with Crippen molar-refractivity contribution in [3.8, 4) is 0 Å². The Morgan fingerprint density at radius 2 is 0.964 bits per heavy atom. The quantitative estimate of drug-likeness (QED) is 0.0236. The lowest BCUT2D eigenvalue weighted by molar-refractivity contribution is -0.161. The molecule has 0 aliphatic heterocycles. The molecule has 0 spiro atoms. The van der Waals surface area contributed by atoms with E-state index in [0.717, 1.165) is 64.2 Å². The van der Waals surface area contributed by atoms with Gasteiger partial charge in [-0.15, -0.1) is 0 Å². The van der Waals surface area contributed by atoms with Gasteiger partial charge in [0.05, 0.1) is 19.8 Å². The Morgan fingerprint density at radius 1 is 0.536 bits per heavy atom. The molecule has 0 radical (unpaired) electrons. The summed E-state index contributed by atoms with van der Waals surface area (Å²) in [5.74, 6) is -0.958. The number of carbonyl (C=O) groups is 2. The number of phosphoric ester groups is 1. The molecule has 0 bridgehead atoms. The monoisotopic (exact) mass is 813 g/mol. The molecule has 3 N–H and O–H groups in total. The highest BCUT2D eigenvalue weighted by atomic mass is 31.2. The summed E-state index contributed by atoms with van der Waals surface area (Å²) in [5.41, 5.74) is 0. The zero-order chi connectivity index (χ0) is 41.2. The van der Waals surface area contributed by atoms with Crippen molar-refractivity contribution in [2.45, 2.75) is 199 Å². The number of carbonyl (C=O) groups excluding carboxylic acids is 2. The first-order valence-electron chi connectivity index (χ1n) is 22.1. The Hall–Kier alpha value is -2.07. The first kappa shape index (κ1) is 53.9. The lowest BCUT2D eigenvalue weighted by Crippen LogP contribution is -2.29. The third-order valence-corrected chi connectivity index (χ3v) is 10.2. The number of rotatable bonds is 41. The lowest BCUT2D eigenvalue weighted by atomic mass is 10.0. The highest BCUT2D eigenvalue weighted by Gasteiger charge is 2.27. The number of hydrogen-bond acceptors (Lipinski definition) is 9. The molecule has 0 saturated heterocycles. The maximum absolute atomic E-state index is 12.6. The van der Waals surface area contributed by atoms with Crippen LogP contribution in [0.2, 0.25) is 0 Å². The molecule has 0 aliphatic carbocycles. The van der Waals surface area contributed by atoms with Crippen LogP contribution in [0, 0.1) is 0 Å². The summed E-state index contributed by atoms with van der Waals surface area (Å²) < 4.78 is 32.7. The highest BCUT2D eigenvalue weighted by molar-refractivity contribution is 7.47. The van der Waals surface area contributed by atoms with Crippen molar-refractivity contribution < 1.29 is 47.8 Å². The molecular weight excluding hydrogens is 731 g/mol. The van der Waals surface area contributed by atoms with Gasteiger partial charge < -0.3 is 24.6 Å². The number of aliphatic hydroxyl groups excluding tert-OH is 2. The number of phosphoric acid groups is 1. The molecular formula is C45H81O10P. The van der Waals surface area contributed by atoms with E-state index in [0.29, 0.717) is 12.8 Å². The molecule has 0 fully saturated rings. The Labute approximate surface area is 341 Å². The zero-order valence-corrected chi connectivity index (χ0v) is 36.2. The first-order valence-corrected chi connectivity index (χ1v) is 23.6. The summed E-state index contributed by atoms with van der Waals surface area (Å²) in [6, 6.07) is 0. The van der Waals surface area contributed by atoms with E-state index in [9.17, 15) is 24.2 Å². The standard InChI is InChI=1S/C45H81O10P/c1-3-5-7-9-11-13-15-17-19-21-23-25-27-29-31-33-35-37-45(49)55-43(41-54-56(50,51)53-39-42(47)38-46)40-52-44(48)36-34-32-30-28-26-24-22-20-18-16-14-12-10-8-6-4-2/h7,9,13,15,19,21,25,27,42-43,46-47H,3-6,8,10-12,14,16-18,20,22-24,26,28-41H2,1-2H3,(H,50,51)/b9-7+,15-13+,21-19+,27-25+/t42-,43+/m0/s1. The minimum absolute atomic E-state index is 0.147. The van der Waals surface area contributed by atoms with Crippen LogP contribution in [0.1, 0.15) is 187 Å². The smallest absolute Gasteiger partial charge is 0.462 e. The van der Waals surface area contributed by atoms with Crippen molar-refractivity contribution in [2.24, 2.45) is 0 Å². The summed E-state index contributed by atoms with van der Waals surface area (Å²) in [4.78, 5) is 35.0. The van der Waals surface area contributed by atoms with Gasteiger partial charge in [-0.1, -0.05) is 172 Å². The molecule has 56 heavy (non-hydrogen) atoms. The average molecular weight is 813 g/mol. The van der Waals surface area contributed by atoms with Crippen LogP contribution in [-0.4, -0.2) is 65.7 Å². The second-order valence-electron chi connectivity index (χ2n) is 14.7. The number of allylic oxidation sites excluding steroid dienone is 8. The average Bonchev–Trinajstić information content (AvgIpc) is 3.19. The summed E-state index contributed by atoms with van der Waals surface area (Å²) in [7, 11) is -4.63. The maximum atomic E-state index is 12.6. The number of hydrogen-bond donors (Lipinski definition) is 3. The molecule has 0 aliphatic rings. The van der Waals surface area contributed by atoms with Crippen LogP contribution in [0.5, 0.6) is 0 Å². The molecule has 1 unspecified atom stereocenters. The molecule has 0 amide bonds. The molecule has 0 aromatic carbocycles. The van der Waals surface area contributed by atoms with Crippen molar-refractivity contribution in [1.82, 2.24) is 0 Å². The molecule has 326 valence electrons. The van der Waals surface area contributed by atoms with Crippen LogP contribution in [-0.2, 0) is 32.7 Å². The molecule has 0 rings (SSSR count). The van der Waals surface area contributed by atoms with Crippen molar-refractivity contribution >= 4 is 19.8 Å². The van der Waals surface area contributed by atoms with E-state index in [4.69, 9.17) is 19.1 Å². The van der Waals surface area contributed by atoms with Crippen LogP contribution in [0.15, 0.2) is 48.6 Å². The van der Waals surface area contributed by atoms with E-state index < -0.39 is 51.8 Å². The Morgan fingerprint density at radius 3 is 1.46 bits per heavy atom.